The number of carbonyl (C=O) groups is 2. The van der Waals surface area contributed by atoms with Crippen LogP contribution in [0.5, 0.6) is 5.75 Å². The summed E-state index contributed by atoms with van der Waals surface area (Å²) in [7, 11) is 1.27. The minimum atomic E-state index is -0.558. The fraction of sp³-hybridized carbons (Fsp3) is 0.222. The molecule has 4 heteroatoms. The van der Waals surface area contributed by atoms with Gasteiger partial charge in [0, 0.05) is 17.0 Å². The molecule has 2 aromatic carbocycles. The monoisotopic (exact) mass is 298 g/mol. The molecule has 0 saturated carbocycles. The van der Waals surface area contributed by atoms with Crippen molar-refractivity contribution in [3.63, 3.8) is 0 Å². The van der Waals surface area contributed by atoms with E-state index < -0.39 is 5.97 Å². The SMILES string of the molecule is COC(=O)/C=C/C(=O)c1ccc(OC(C)C)c2ccccc12. The van der Waals surface area contributed by atoms with E-state index in [-0.39, 0.29) is 11.9 Å². The summed E-state index contributed by atoms with van der Waals surface area (Å²) in [5.41, 5.74) is 0.520. The lowest BCUT2D eigenvalue weighted by Gasteiger charge is -2.13. The van der Waals surface area contributed by atoms with Gasteiger partial charge in [0.25, 0.3) is 0 Å². The summed E-state index contributed by atoms with van der Waals surface area (Å²) in [5.74, 6) is -0.0748. The second-order valence-electron chi connectivity index (χ2n) is 5.04. The average molecular weight is 298 g/mol. The molecule has 0 unspecified atom stereocenters. The van der Waals surface area contributed by atoms with Crippen LogP contribution in [0, 0.1) is 0 Å². The van der Waals surface area contributed by atoms with Gasteiger partial charge in [0.2, 0.25) is 0 Å². The van der Waals surface area contributed by atoms with Crippen molar-refractivity contribution in [2.75, 3.05) is 7.11 Å². The first-order chi connectivity index (χ1) is 10.5. The molecule has 0 N–H and O–H groups in total. The molecule has 22 heavy (non-hydrogen) atoms. The summed E-state index contributed by atoms with van der Waals surface area (Å²) in [5, 5.41) is 1.66. The van der Waals surface area contributed by atoms with Crippen molar-refractivity contribution in [1.29, 1.82) is 0 Å². The van der Waals surface area contributed by atoms with Crippen molar-refractivity contribution >= 4 is 22.5 Å². The van der Waals surface area contributed by atoms with Gasteiger partial charge in [-0.1, -0.05) is 24.3 Å². The fourth-order valence-electron chi connectivity index (χ4n) is 2.14. The fourth-order valence-corrected chi connectivity index (χ4v) is 2.14. The third kappa shape index (κ3) is 3.52. The van der Waals surface area contributed by atoms with Crippen molar-refractivity contribution < 1.29 is 19.1 Å². The van der Waals surface area contributed by atoms with Gasteiger partial charge in [0.05, 0.1) is 13.2 Å². The van der Waals surface area contributed by atoms with E-state index in [4.69, 9.17) is 4.74 Å². The van der Waals surface area contributed by atoms with E-state index >= 15 is 0 Å². The topological polar surface area (TPSA) is 52.6 Å². The summed E-state index contributed by atoms with van der Waals surface area (Å²) >= 11 is 0. The number of benzene rings is 2. The first kappa shape index (κ1) is 15.8. The first-order valence-corrected chi connectivity index (χ1v) is 7.01. The Hall–Kier alpha value is -2.62. The van der Waals surface area contributed by atoms with Crippen LogP contribution in [0.1, 0.15) is 24.2 Å². The third-order valence-electron chi connectivity index (χ3n) is 3.08. The number of allylic oxidation sites excluding steroid dienone is 1. The highest BCUT2D eigenvalue weighted by atomic mass is 16.5. The van der Waals surface area contributed by atoms with E-state index in [0.717, 1.165) is 22.6 Å². The minimum absolute atomic E-state index is 0.0455. The molecule has 0 aliphatic rings. The summed E-state index contributed by atoms with van der Waals surface area (Å²) in [6.07, 6.45) is 2.39. The number of carbonyl (C=O) groups excluding carboxylic acids is 2. The van der Waals surface area contributed by atoms with Crippen molar-refractivity contribution in [2.24, 2.45) is 0 Å². The molecular formula is C18H18O4. The van der Waals surface area contributed by atoms with Gasteiger partial charge in [-0.3, -0.25) is 4.79 Å². The Bertz CT molecular complexity index is 729. The Kier molecular flexibility index (Phi) is 4.94. The number of hydrogen-bond donors (Lipinski definition) is 0. The van der Waals surface area contributed by atoms with Gasteiger partial charge in [0.15, 0.2) is 5.78 Å². The van der Waals surface area contributed by atoms with E-state index in [1.807, 2.05) is 38.1 Å². The molecule has 0 bridgehead atoms. The van der Waals surface area contributed by atoms with Crippen molar-refractivity contribution in [2.45, 2.75) is 20.0 Å². The predicted octanol–water partition coefficient (Wildman–Crippen LogP) is 3.54. The van der Waals surface area contributed by atoms with E-state index in [1.165, 1.54) is 13.2 Å². The minimum Gasteiger partial charge on any atom is -0.490 e. The Morgan fingerprint density at radius 3 is 2.32 bits per heavy atom. The highest BCUT2D eigenvalue weighted by molar-refractivity contribution is 6.15. The molecule has 0 radical (unpaired) electrons. The zero-order valence-corrected chi connectivity index (χ0v) is 12.8. The van der Waals surface area contributed by atoms with Gasteiger partial charge in [-0.05, 0) is 37.4 Å². The predicted molar refractivity (Wildman–Crippen MR) is 85.2 cm³/mol. The van der Waals surface area contributed by atoms with Crippen LogP contribution in [0.25, 0.3) is 10.8 Å². The van der Waals surface area contributed by atoms with Crippen LogP contribution in [-0.4, -0.2) is 25.0 Å². The molecule has 0 aromatic heterocycles. The Morgan fingerprint density at radius 1 is 1.00 bits per heavy atom. The molecule has 0 spiro atoms. The summed E-state index contributed by atoms with van der Waals surface area (Å²) in [6, 6.07) is 11.0. The van der Waals surface area contributed by atoms with Crippen LogP contribution in [0.3, 0.4) is 0 Å². The number of methoxy groups -OCH3 is 1. The Labute approximate surface area is 129 Å². The van der Waals surface area contributed by atoms with Crippen LogP contribution in [0.15, 0.2) is 48.6 Å². The number of esters is 1. The lowest BCUT2D eigenvalue weighted by atomic mass is 10.0. The Balaban J connectivity index is 2.46. The molecule has 4 nitrogen and oxygen atoms in total. The molecule has 0 fully saturated rings. The van der Waals surface area contributed by atoms with E-state index in [1.54, 1.807) is 12.1 Å². The molecule has 2 rings (SSSR count). The summed E-state index contributed by atoms with van der Waals surface area (Å²) in [6.45, 7) is 3.90. The largest absolute Gasteiger partial charge is 0.490 e. The maximum Gasteiger partial charge on any atom is 0.330 e. The van der Waals surface area contributed by atoms with E-state index in [2.05, 4.69) is 4.74 Å². The molecule has 2 aromatic rings. The molecule has 0 atom stereocenters. The number of fused-ring (bicyclic) bond motifs is 1. The van der Waals surface area contributed by atoms with Crippen molar-refractivity contribution in [3.8, 4) is 5.75 Å². The zero-order chi connectivity index (χ0) is 16.1. The molecular weight excluding hydrogens is 280 g/mol. The van der Waals surface area contributed by atoms with Gasteiger partial charge in [-0.15, -0.1) is 0 Å². The normalized spacial score (nSPS) is 11.1. The molecule has 0 aliphatic heterocycles. The molecule has 0 heterocycles. The zero-order valence-electron chi connectivity index (χ0n) is 12.8. The van der Waals surface area contributed by atoms with Gasteiger partial charge < -0.3 is 9.47 Å². The molecule has 114 valence electrons. The third-order valence-corrected chi connectivity index (χ3v) is 3.08. The van der Waals surface area contributed by atoms with Crippen LogP contribution < -0.4 is 4.74 Å². The van der Waals surface area contributed by atoms with Crippen LogP contribution in [-0.2, 0) is 9.53 Å². The molecule has 0 aliphatic carbocycles. The smallest absolute Gasteiger partial charge is 0.330 e. The van der Waals surface area contributed by atoms with Crippen molar-refractivity contribution in [3.05, 3.63) is 54.1 Å². The maximum atomic E-state index is 12.3. The highest BCUT2D eigenvalue weighted by Gasteiger charge is 2.12. The first-order valence-electron chi connectivity index (χ1n) is 7.01. The Morgan fingerprint density at radius 2 is 1.68 bits per heavy atom. The lowest BCUT2D eigenvalue weighted by Crippen LogP contribution is -2.07. The van der Waals surface area contributed by atoms with Crippen molar-refractivity contribution in [1.82, 2.24) is 0 Å². The number of rotatable bonds is 5. The molecule has 0 amide bonds. The summed E-state index contributed by atoms with van der Waals surface area (Å²) < 4.78 is 10.3. The summed E-state index contributed by atoms with van der Waals surface area (Å²) in [4.78, 5) is 23.4. The van der Waals surface area contributed by atoms with Gasteiger partial charge in [0.1, 0.15) is 5.75 Å². The number of hydrogen-bond acceptors (Lipinski definition) is 4. The maximum absolute atomic E-state index is 12.3. The standard InChI is InChI=1S/C18H18O4/c1-12(2)22-17-10-8-14(13-6-4-5-7-15(13)17)16(19)9-11-18(20)21-3/h4-12H,1-3H3/b11-9+. The lowest BCUT2D eigenvalue weighted by molar-refractivity contribution is -0.134. The van der Waals surface area contributed by atoms with E-state index in [0.29, 0.717) is 5.56 Å². The van der Waals surface area contributed by atoms with Crippen LogP contribution in [0.2, 0.25) is 0 Å². The molecule has 0 saturated heterocycles. The van der Waals surface area contributed by atoms with Gasteiger partial charge >= 0.3 is 5.97 Å². The van der Waals surface area contributed by atoms with E-state index in [9.17, 15) is 9.59 Å². The van der Waals surface area contributed by atoms with Gasteiger partial charge in [-0.25, -0.2) is 4.79 Å². The second-order valence-corrected chi connectivity index (χ2v) is 5.04. The van der Waals surface area contributed by atoms with Crippen LogP contribution >= 0.6 is 0 Å². The number of ketones is 1. The van der Waals surface area contributed by atoms with Crippen LogP contribution in [0.4, 0.5) is 0 Å². The number of ether oxygens (including phenoxy) is 2. The van der Waals surface area contributed by atoms with Gasteiger partial charge in [-0.2, -0.15) is 0 Å². The average Bonchev–Trinajstić information content (AvgIpc) is 2.52. The second kappa shape index (κ2) is 6.89. The quantitative estimate of drug-likeness (QED) is 0.481. The highest BCUT2D eigenvalue weighted by Crippen LogP contribution is 2.29.